The van der Waals surface area contributed by atoms with Crippen LogP contribution in [0.15, 0.2) is 12.1 Å². The van der Waals surface area contributed by atoms with Gasteiger partial charge in [0.05, 0.1) is 27.4 Å². The Kier molecular flexibility index (Phi) is 5.32. The van der Waals surface area contributed by atoms with Gasteiger partial charge in [-0.2, -0.15) is 0 Å². The quantitative estimate of drug-likeness (QED) is 0.795. The second-order valence-corrected chi connectivity index (χ2v) is 7.80. The third-order valence-electron chi connectivity index (χ3n) is 6.31. The van der Waals surface area contributed by atoms with E-state index >= 15 is 0 Å². The normalized spacial score (nSPS) is 21.9. The van der Waals surface area contributed by atoms with Gasteiger partial charge in [-0.1, -0.05) is 13.8 Å². The number of rotatable bonds is 4. The van der Waals surface area contributed by atoms with E-state index in [0.29, 0.717) is 39.9 Å². The summed E-state index contributed by atoms with van der Waals surface area (Å²) in [6.45, 7) is 4.43. The van der Waals surface area contributed by atoms with Crippen LogP contribution in [0.3, 0.4) is 0 Å². The van der Waals surface area contributed by atoms with Crippen LogP contribution in [0.4, 0.5) is 0 Å². The molecule has 1 aliphatic carbocycles. The van der Waals surface area contributed by atoms with Crippen LogP contribution in [0.1, 0.15) is 31.1 Å². The zero-order valence-electron chi connectivity index (χ0n) is 18.2. The first kappa shape index (κ1) is 20.5. The third kappa shape index (κ3) is 2.91. The van der Waals surface area contributed by atoms with Gasteiger partial charge in [0.1, 0.15) is 0 Å². The molecule has 0 fully saturated rings. The lowest BCUT2D eigenvalue weighted by molar-refractivity contribution is 0.0361. The second-order valence-electron chi connectivity index (χ2n) is 7.80. The van der Waals surface area contributed by atoms with Gasteiger partial charge in [-0.3, -0.25) is 0 Å². The molecule has 7 nitrogen and oxygen atoms in total. The number of ether oxygens (including phenoxy) is 6. The summed E-state index contributed by atoms with van der Waals surface area (Å²) in [6.07, 6.45) is 0.499. The highest BCUT2D eigenvalue weighted by Gasteiger charge is 2.37. The minimum Gasteiger partial charge on any atom is -0.504 e. The van der Waals surface area contributed by atoms with Gasteiger partial charge in [-0.25, -0.2) is 0 Å². The van der Waals surface area contributed by atoms with E-state index in [4.69, 9.17) is 28.4 Å². The number of phenolic OH excluding ortho intramolecular Hbond substituents is 1. The summed E-state index contributed by atoms with van der Waals surface area (Å²) >= 11 is 0. The van der Waals surface area contributed by atoms with E-state index in [0.717, 1.165) is 17.5 Å². The highest BCUT2D eigenvalue weighted by molar-refractivity contribution is 5.88. The number of methoxy groups -OCH3 is 4. The lowest BCUT2D eigenvalue weighted by Gasteiger charge is -2.34. The molecule has 2 aliphatic rings. The zero-order valence-corrected chi connectivity index (χ0v) is 18.2. The second kappa shape index (κ2) is 7.80. The predicted octanol–water partition coefficient (Wildman–Crippen LogP) is 4.33. The molecule has 3 atom stereocenters. The summed E-state index contributed by atoms with van der Waals surface area (Å²) in [5.41, 5.74) is 3.18. The van der Waals surface area contributed by atoms with Crippen molar-refractivity contribution in [3.63, 3.8) is 0 Å². The van der Waals surface area contributed by atoms with Gasteiger partial charge in [0.25, 0.3) is 0 Å². The standard InChI is InChI=1S/C23H28O7/c1-11-7-13-8-16-21(30-10-29-16)19(24)17(13)18-14(20(26-4)12(11)2)9-15(25-3)22(27-5)23(18)28-6/h8-9,11-12,20,24H,7,10H2,1-6H3/t11-,12+,20-/m1/s1. The average Bonchev–Trinajstić information content (AvgIpc) is 3.21. The molecule has 0 spiro atoms. The van der Waals surface area contributed by atoms with Crippen LogP contribution in [0.25, 0.3) is 11.1 Å². The molecule has 162 valence electrons. The number of hydrogen-bond donors (Lipinski definition) is 1. The summed E-state index contributed by atoms with van der Waals surface area (Å²) in [4.78, 5) is 0. The van der Waals surface area contributed by atoms with Crippen molar-refractivity contribution < 1.29 is 33.5 Å². The van der Waals surface area contributed by atoms with Crippen LogP contribution in [-0.2, 0) is 11.2 Å². The van der Waals surface area contributed by atoms with E-state index in [2.05, 4.69) is 13.8 Å². The van der Waals surface area contributed by atoms with Gasteiger partial charge >= 0.3 is 0 Å². The first-order chi connectivity index (χ1) is 14.5. The van der Waals surface area contributed by atoms with Crippen molar-refractivity contribution in [1.82, 2.24) is 0 Å². The Balaban J connectivity index is 2.15. The number of phenols is 1. The van der Waals surface area contributed by atoms with Gasteiger partial charge in [0.15, 0.2) is 23.0 Å². The van der Waals surface area contributed by atoms with Crippen molar-refractivity contribution >= 4 is 0 Å². The number of aromatic hydroxyl groups is 1. The van der Waals surface area contributed by atoms with E-state index < -0.39 is 0 Å². The minimum atomic E-state index is -0.235. The van der Waals surface area contributed by atoms with Crippen molar-refractivity contribution in [2.24, 2.45) is 11.8 Å². The first-order valence-corrected chi connectivity index (χ1v) is 9.97. The van der Waals surface area contributed by atoms with Gasteiger partial charge in [-0.15, -0.1) is 0 Å². The molecule has 1 aliphatic heterocycles. The van der Waals surface area contributed by atoms with Crippen molar-refractivity contribution in [1.29, 1.82) is 0 Å². The highest BCUT2D eigenvalue weighted by atomic mass is 16.7. The SMILES string of the molecule is COc1cc2c(c(OC)c1OC)-c1c(cc3c(c1O)OCO3)C[C@@H](C)[C@H](C)[C@H]2OC. The van der Waals surface area contributed by atoms with Crippen molar-refractivity contribution in [3.8, 4) is 45.6 Å². The van der Waals surface area contributed by atoms with Crippen LogP contribution >= 0.6 is 0 Å². The van der Waals surface area contributed by atoms with E-state index in [1.807, 2.05) is 12.1 Å². The Morgan fingerprint density at radius 1 is 0.933 bits per heavy atom. The molecular weight excluding hydrogens is 388 g/mol. The molecule has 1 heterocycles. The molecule has 0 bridgehead atoms. The van der Waals surface area contributed by atoms with Crippen LogP contribution < -0.4 is 23.7 Å². The topological polar surface area (TPSA) is 75.6 Å². The fraction of sp³-hybridized carbons (Fsp3) is 0.478. The molecule has 0 amide bonds. The molecule has 0 unspecified atom stereocenters. The Morgan fingerprint density at radius 2 is 1.67 bits per heavy atom. The molecule has 0 radical (unpaired) electrons. The van der Waals surface area contributed by atoms with Crippen molar-refractivity contribution in [2.75, 3.05) is 35.2 Å². The van der Waals surface area contributed by atoms with Crippen molar-refractivity contribution in [3.05, 3.63) is 23.3 Å². The minimum absolute atomic E-state index is 0.0309. The molecule has 0 aromatic heterocycles. The van der Waals surface area contributed by atoms with E-state index in [1.165, 1.54) is 0 Å². The molecule has 0 saturated carbocycles. The van der Waals surface area contributed by atoms with E-state index in [1.54, 1.807) is 28.4 Å². The molecule has 4 rings (SSSR count). The number of hydrogen-bond acceptors (Lipinski definition) is 7. The predicted molar refractivity (Wildman–Crippen MR) is 111 cm³/mol. The summed E-state index contributed by atoms with van der Waals surface area (Å²) < 4.78 is 34.1. The maximum Gasteiger partial charge on any atom is 0.231 e. The largest absolute Gasteiger partial charge is 0.504 e. The molecule has 30 heavy (non-hydrogen) atoms. The van der Waals surface area contributed by atoms with Crippen LogP contribution in [-0.4, -0.2) is 40.3 Å². The summed E-state index contributed by atoms with van der Waals surface area (Å²) in [5, 5.41) is 11.3. The highest BCUT2D eigenvalue weighted by Crippen LogP contribution is 2.58. The Bertz CT molecular complexity index is 969. The number of benzene rings is 2. The molecule has 2 aromatic carbocycles. The maximum absolute atomic E-state index is 11.3. The molecule has 0 saturated heterocycles. The van der Waals surface area contributed by atoms with Crippen LogP contribution in [0, 0.1) is 11.8 Å². The molecule has 7 heteroatoms. The van der Waals surface area contributed by atoms with Gasteiger partial charge in [0, 0.05) is 18.2 Å². The van der Waals surface area contributed by atoms with Crippen molar-refractivity contribution in [2.45, 2.75) is 26.4 Å². The maximum atomic E-state index is 11.3. The molecule has 1 N–H and O–H groups in total. The fourth-order valence-corrected chi connectivity index (χ4v) is 4.63. The fourth-order valence-electron chi connectivity index (χ4n) is 4.63. The number of fused-ring (bicyclic) bond motifs is 4. The van der Waals surface area contributed by atoms with Gasteiger partial charge in [-0.05, 0) is 41.5 Å². The summed E-state index contributed by atoms with van der Waals surface area (Å²) in [7, 11) is 6.43. The third-order valence-corrected chi connectivity index (χ3v) is 6.31. The van der Waals surface area contributed by atoms with Gasteiger partial charge in [0.2, 0.25) is 18.3 Å². The zero-order chi connectivity index (χ0) is 21.6. The Hall–Kier alpha value is -2.80. The lowest BCUT2D eigenvalue weighted by atomic mass is 9.76. The Morgan fingerprint density at radius 3 is 2.30 bits per heavy atom. The monoisotopic (exact) mass is 416 g/mol. The molecular formula is C23H28O7. The lowest BCUT2D eigenvalue weighted by Crippen LogP contribution is -2.24. The Labute approximate surface area is 176 Å². The van der Waals surface area contributed by atoms with E-state index in [-0.39, 0.29) is 30.5 Å². The summed E-state index contributed by atoms with van der Waals surface area (Å²) in [5.74, 6) is 2.87. The smallest absolute Gasteiger partial charge is 0.231 e. The first-order valence-electron chi connectivity index (χ1n) is 9.97. The van der Waals surface area contributed by atoms with Crippen LogP contribution in [0.2, 0.25) is 0 Å². The van der Waals surface area contributed by atoms with E-state index in [9.17, 15) is 5.11 Å². The van der Waals surface area contributed by atoms with Gasteiger partial charge < -0.3 is 33.5 Å². The van der Waals surface area contributed by atoms with Crippen LogP contribution in [0.5, 0.6) is 34.5 Å². The molecule has 2 aromatic rings. The average molecular weight is 416 g/mol. The summed E-state index contributed by atoms with van der Waals surface area (Å²) in [6, 6.07) is 3.86.